The van der Waals surface area contributed by atoms with Crippen molar-refractivity contribution in [3.8, 4) is 0 Å². The highest BCUT2D eigenvalue weighted by atomic mass is 16.5. The summed E-state index contributed by atoms with van der Waals surface area (Å²) in [5, 5.41) is 6.22. The molecule has 0 saturated carbocycles. The predicted octanol–water partition coefficient (Wildman–Crippen LogP) is 2.96. The van der Waals surface area contributed by atoms with Gasteiger partial charge in [0.1, 0.15) is 12.8 Å². The Labute approximate surface area is 141 Å². The third-order valence-electron chi connectivity index (χ3n) is 3.35. The zero-order valence-electron chi connectivity index (χ0n) is 13.6. The number of rotatable bonds is 8. The predicted molar refractivity (Wildman–Crippen MR) is 92.1 cm³/mol. The number of carbonyl (C=O) groups is 2. The summed E-state index contributed by atoms with van der Waals surface area (Å²) >= 11 is 0. The first-order valence-corrected chi connectivity index (χ1v) is 7.91. The lowest BCUT2D eigenvalue weighted by Gasteiger charge is -2.20. The lowest BCUT2D eigenvalue weighted by atomic mass is 10.2. The van der Waals surface area contributed by atoms with Gasteiger partial charge >= 0.3 is 0 Å². The van der Waals surface area contributed by atoms with Crippen LogP contribution < -0.4 is 5.32 Å². The fourth-order valence-corrected chi connectivity index (χ4v) is 2.09. The van der Waals surface area contributed by atoms with Gasteiger partial charge in [0.25, 0.3) is 0 Å². The van der Waals surface area contributed by atoms with E-state index in [1.54, 1.807) is 12.1 Å². The zero-order valence-corrected chi connectivity index (χ0v) is 13.6. The van der Waals surface area contributed by atoms with Gasteiger partial charge in [0, 0.05) is 18.7 Å². The Morgan fingerprint density at radius 1 is 1.25 bits per heavy atom. The largest absolute Gasteiger partial charge is 0.363 e. The fraction of sp³-hybridized carbons (Fsp3) is 0.278. The minimum Gasteiger partial charge on any atom is -0.363 e. The average Bonchev–Trinajstić information content (AvgIpc) is 3.10. The number of anilines is 1. The highest BCUT2D eigenvalue weighted by Gasteiger charge is 2.15. The first kappa shape index (κ1) is 17.5. The summed E-state index contributed by atoms with van der Waals surface area (Å²) in [5.41, 5.74) is 0.938. The van der Waals surface area contributed by atoms with E-state index in [0.717, 1.165) is 18.4 Å². The van der Waals surface area contributed by atoms with Crippen molar-refractivity contribution < 1.29 is 14.1 Å². The molecule has 1 heterocycles. The number of unbranched alkanes of at least 4 members (excludes halogenated alkanes) is 1. The normalized spacial score (nSPS) is 10.7. The summed E-state index contributed by atoms with van der Waals surface area (Å²) in [6, 6.07) is 11.1. The molecule has 2 amide bonds. The van der Waals surface area contributed by atoms with E-state index in [1.165, 1.54) is 17.2 Å². The molecule has 1 aromatic carbocycles. The van der Waals surface area contributed by atoms with Crippen molar-refractivity contribution in [2.75, 3.05) is 18.4 Å². The number of aromatic nitrogens is 1. The Hall–Kier alpha value is -2.89. The van der Waals surface area contributed by atoms with Crippen LogP contribution in [0.15, 0.2) is 53.3 Å². The molecule has 0 fully saturated rings. The van der Waals surface area contributed by atoms with Crippen LogP contribution >= 0.6 is 0 Å². The van der Waals surface area contributed by atoms with Gasteiger partial charge in [-0.2, -0.15) is 0 Å². The smallest absolute Gasteiger partial charge is 0.247 e. The van der Waals surface area contributed by atoms with Crippen LogP contribution in [0.1, 0.15) is 25.3 Å². The Kier molecular flexibility index (Phi) is 6.76. The van der Waals surface area contributed by atoms with Crippen molar-refractivity contribution in [2.45, 2.75) is 19.8 Å². The minimum absolute atomic E-state index is 0.0230. The Balaban J connectivity index is 1.96. The van der Waals surface area contributed by atoms with Gasteiger partial charge in [-0.25, -0.2) is 0 Å². The molecule has 6 nitrogen and oxygen atoms in total. The molecule has 1 aromatic heterocycles. The molecule has 0 saturated heterocycles. The van der Waals surface area contributed by atoms with Gasteiger partial charge in [-0.3, -0.25) is 9.59 Å². The zero-order chi connectivity index (χ0) is 17.2. The lowest BCUT2D eigenvalue weighted by Crippen LogP contribution is -2.37. The van der Waals surface area contributed by atoms with E-state index >= 15 is 0 Å². The second-order valence-electron chi connectivity index (χ2n) is 5.29. The molecule has 0 aliphatic heterocycles. The third kappa shape index (κ3) is 5.72. The summed E-state index contributed by atoms with van der Waals surface area (Å²) in [5.74, 6) is -0.160. The van der Waals surface area contributed by atoms with Crippen LogP contribution in [0, 0.1) is 0 Å². The number of hydrogen-bond donors (Lipinski definition) is 1. The summed E-state index contributed by atoms with van der Waals surface area (Å²) in [7, 11) is 0. The molecule has 0 spiro atoms. The molecular weight excluding hydrogens is 306 g/mol. The van der Waals surface area contributed by atoms with Gasteiger partial charge < -0.3 is 14.7 Å². The highest BCUT2D eigenvalue weighted by molar-refractivity contribution is 5.97. The standard InChI is InChI=1S/C18H21N3O3/c1-2-3-12-21(14-17(22)19-16-11-13-24-20-16)18(23)10-9-15-7-5-4-6-8-15/h4-11,13H,2-3,12,14H2,1H3,(H,19,20,22). The maximum atomic E-state index is 12.4. The molecule has 24 heavy (non-hydrogen) atoms. The van der Waals surface area contributed by atoms with Crippen LogP contribution in [0.5, 0.6) is 0 Å². The molecule has 0 atom stereocenters. The number of hydrogen-bond acceptors (Lipinski definition) is 4. The van der Waals surface area contributed by atoms with Crippen molar-refractivity contribution >= 4 is 23.7 Å². The molecule has 2 rings (SSSR count). The van der Waals surface area contributed by atoms with Crippen LogP contribution in [0.2, 0.25) is 0 Å². The lowest BCUT2D eigenvalue weighted by molar-refractivity contribution is -0.130. The average molecular weight is 327 g/mol. The Morgan fingerprint density at radius 3 is 2.71 bits per heavy atom. The molecule has 0 aliphatic carbocycles. The van der Waals surface area contributed by atoms with Gasteiger partial charge in [-0.15, -0.1) is 0 Å². The van der Waals surface area contributed by atoms with Gasteiger partial charge in [-0.05, 0) is 18.1 Å². The number of nitrogens with one attached hydrogen (secondary N) is 1. The molecule has 126 valence electrons. The molecule has 0 radical (unpaired) electrons. The first-order valence-electron chi connectivity index (χ1n) is 7.91. The fourth-order valence-electron chi connectivity index (χ4n) is 2.09. The Bertz CT molecular complexity index is 666. The van der Waals surface area contributed by atoms with Crippen molar-refractivity contribution in [3.63, 3.8) is 0 Å². The molecule has 6 heteroatoms. The number of carbonyl (C=O) groups excluding carboxylic acids is 2. The van der Waals surface area contributed by atoms with Gasteiger partial charge in [0.2, 0.25) is 11.8 Å². The summed E-state index contributed by atoms with van der Waals surface area (Å²) in [4.78, 5) is 26.0. The van der Waals surface area contributed by atoms with E-state index in [9.17, 15) is 9.59 Å². The third-order valence-corrected chi connectivity index (χ3v) is 3.35. The molecule has 0 bridgehead atoms. The Morgan fingerprint density at radius 2 is 2.04 bits per heavy atom. The van der Waals surface area contributed by atoms with Crippen molar-refractivity contribution in [1.82, 2.24) is 10.1 Å². The summed E-state index contributed by atoms with van der Waals surface area (Å²) < 4.78 is 4.66. The molecule has 0 aliphatic rings. The van der Waals surface area contributed by atoms with Crippen LogP contribution in [-0.2, 0) is 9.59 Å². The van der Waals surface area contributed by atoms with Crippen LogP contribution in [0.25, 0.3) is 6.08 Å². The van der Waals surface area contributed by atoms with E-state index in [1.807, 2.05) is 37.3 Å². The van der Waals surface area contributed by atoms with Gasteiger partial charge in [-0.1, -0.05) is 48.8 Å². The molecule has 2 aromatic rings. The van der Waals surface area contributed by atoms with Crippen molar-refractivity contribution in [1.29, 1.82) is 0 Å². The van der Waals surface area contributed by atoms with Gasteiger partial charge in [0.15, 0.2) is 5.82 Å². The number of amides is 2. The molecule has 0 unspecified atom stereocenters. The van der Waals surface area contributed by atoms with Gasteiger partial charge in [0.05, 0.1) is 0 Å². The van der Waals surface area contributed by atoms with E-state index in [-0.39, 0.29) is 18.4 Å². The van der Waals surface area contributed by atoms with Crippen LogP contribution in [-0.4, -0.2) is 35.0 Å². The highest BCUT2D eigenvalue weighted by Crippen LogP contribution is 2.05. The topological polar surface area (TPSA) is 75.4 Å². The second kappa shape index (κ2) is 9.29. The first-order chi connectivity index (χ1) is 11.7. The maximum Gasteiger partial charge on any atom is 0.247 e. The SMILES string of the molecule is CCCCN(CC(=O)Nc1ccon1)C(=O)C=Cc1ccccc1. The van der Waals surface area contributed by atoms with Crippen molar-refractivity contribution in [3.05, 3.63) is 54.3 Å². The van der Waals surface area contributed by atoms with E-state index in [2.05, 4.69) is 15.0 Å². The summed E-state index contributed by atoms with van der Waals surface area (Å²) in [6.07, 6.45) is 6.39. The van der Waals surface area contributed by atoms with Crippen LogP contribution in [0.4, 0.5) is 5.82 Å². The summed E-state index contributed by atoms with van der Waals surface area (Å²) in [6.45, 7) is 2.55. The minimum atomic E-state index is -0.304. The van der Waals surface area contributed by atoms with E-state index in [4.69, 9.17) is 0 Å². The van der Waals surface area contributed by atoms with E-state index < -0.39 is 0 Å². The number of nitrogens with zero attached hydrogens (tertiary/aromatic N) is 2. The van der Waals surface area contributed by atoms with Crippen LogP contribution in [0.3, 0.4) is 0 Å². The van der Waals surface area contributed by atoms with E-state index in [0.29, 0.717) is 12.4 Å². The molecule has 1 N–H and O–H groups in total. The second-order valence-corrected chi connectivity index (χ2v) is 5.29. The van der Waals surface area contributed by atoms with Crippen molar-refractivity contribution in [2.24, 2.45) is 0 Å². The quantitative estimate of drug-likeness (QED) is 0.756. The monoisotopic (exact) mass is 327 g/mol. The number of benzene rings is 1. The maximum absolute atomic E-state index is 12.4. The molecular formula is C18H21N3O3.